The maximum absolute atomic E-state index is 13.7. The number of hydrogen-bond acceptors (Lipinski definition) is 6. The van der Waals surface area contributed by atoms with Gasteiger partial charge in [0.25, 0.3) is 5.91 Å². The van der Waals surface area contributed by atoms with Gasteiger partial charge in [0.05, 0.1) is 0 Å². The van der Waals surface area contributed by atoms with Gasteiger partial charge in [-0.1, -0.05) is 32.6 Å². The van der Waals surface area contributed by atoms with Gasteiger partial charge < -0.3 is 20.9 Å². The van der Waals surface area contributed by atoms with E-state index in [2.05, 4.69) is 30.8 Å². The lowest BCUT2D eigenvalue weighted by atomic mass is 9.89. The fourth-order valence-electron chi connectivity index (χ4n) is 4.95. The molecule has 2 aliphatic carbocycles. The van der Waals surface area contributed by atoms with Crippen molar-refractivity contribution in [1.29, 1.82) is 0 Å². The van der Waals surface area contributed by atoms with Crippen molar-refractivity contribution in [3.05, 3.63) is 11.8 Å². The minimum absolute atomic E-state index is 0.117. The number of carbonyl (C=O) groups is 1. The molecule has 1 aromatic heterocycles. The molecule has 3 N–H and O–H groups in total. The van der Waals surface area contributed by atoms with E-state index >= 15 is 0 Å². The number of nitrogens with one attached hydrogen (secondary N) is 3. The predicted octanol–water partition coefficient (Wildman–Crippen LogP) is 4.13. The zero-order chi connectivity index (χ0) is 22.3. The van der Waals surface area contributed by atoms with E-state index in [1.54, 1.807) is 6.20 Å². The van der Waals surface area contributed by atoms with Crippen LogP contribution in [-0.4, -0.2) is 64.7 Å². The highest BCUT2D eigenvalue weighted by molar-refractivity contribution is 5.98. The number of halogens is 1. The minimum Gasteiger partial charge on any atom is -0.367 e. The summed E-state index contributed by atoms with van der Waals surface area (Å²) in [5.41, 5.74) is 0.481. The van der Waals surface area contributed by atoms with E-state index in [-0.39, 0.29) is 18.5 Å². The molecule has 1 unspecified atom stereocenters. The minimum atomic E-state index is -0.942. The van der Waals surface area contributed by atoms with Crippen LogP contribution >= 0.6 is 0 Å². The smallest absolute Gasteiger partial charge is 0.256 e. The van der Waals surface area contributed by atoms with Crippen molar-refractivity contribution in [2.24, 2.45) is 0 Å². The van der Waals surface area contributed by atoms with Crippen LogP contribution in [0.4, 0.5) is 16.2 Å². The number of alkyl halides is 1. The number of piperidine rings is 1. The highest BCUT2D eigenvalue weighted by Gasteiger charge is 2.30. The number of carbonyl (C=O) groups excluding carboxylic acids is 1. The molecular weight excluding hydrogens is 407 g/mol. The first-order chi connectivity index (χ1) is 15.6. The molecule has 1 aromatic rings. The van der Waals surface area contributed by atoms with Crippen LogP contribution in [0.25, 0.3) is 0 Å². The van der Waals surface area contributed by atoms with Crippen LogP contribution in [-0.2, 0) is 0 Å². The number of anilines is 2. The molecule has 7 nitrogen and oxygen atoms in total. The van der Waals surface area contributed by atoms with Gasteiger partial charge in [-0.25, -0.2) is 9.37 Å². The van der Waals surface area contributed by atoms with Gasteiger partial charge in [0, 0.05) is 44.0 Å². The third-order valence-electron chi connectivity index (χ3n) is 7.36. The quantitative estimate of drug-likeness (QED) is 0.529. The summed E-state index contributed by atoms with van der Waals surface area (Å²) in [7, 11) is 0. The van der Waals surface area contributed by atoms with Crippen LogP contribution < -0.4 is 16.0 Å². The standard InChI is InChI=1S/C24H39FN6O/c1-2-17(25)15-26-24-27-16-21(22(30-24)28-18-7-4-3-5-8-18)23(32)29-19-11-13-31(14-12-19)20-9-6-10-20/h16-20H,2-15H2,1H3,(H,29,32)(H2,26,27,28,30). The van der Waals surface area contributed by atoms with Gasteiger partial charge in [-0.05, 0) is 44.9 Å². The molecule has 32 heavy (non-hydrogen) atoms. The molecule has 2 saturated carbocycles. The second kappa shape index (κ2) is 11.3. The Balaban J connectivity index is 1.40. The van der Waals surface area contributed by atoms with Crippen molar-refractivity contribution in [1.82, 2.24) is 20.2 Å². The van der Waals surface area contributed by atoms with Crippen LogP contribution in [0, 0.1) is 0 Å². The topological polar surface area (TPSA) is 82.2 Å². The second-order valence-electron chi connectivity index (χ2n) is 9.69. The number of hydrogen-bond donors (Lipinski definition) is 3. The zero-order valence-electron chi connectivity index (χ0n) is 19.4. The predicted molar refractivity (Wildman–Crippen MR) is 126 cm³/mol. The van der Waals surface area contributed by atoms with Crippen molar-refractivity contribution in [3.8, 4) is 0 Å². The average molecular weight is 447 g/mol. The van der Waals surface area contributed by atoms with Gasteiger partial charge in [-0.3, -0.25) is 4.79 Å². The van der Waals surface area contributed by atoms with Crippen LogP contribution in [0.2, 0.25) is 0 Å². The van der Waals surface area contributed by atoms with Crippen LogP contribution in [0.15, 0.2) is 6.20 Å². The maximum atomic E-state index is 13.7. The van der Waals surface area contributed by atoms with Crippen molar-refractivity contribution in [2.45, 2.75) is 102 Å². The fourth-order valence-corrected chi connectivity index (χ4v) is 4.95. The molecule has 4 rings (SSSR count). The monoisotopic (exact) mass is 446 g/mol. The molecule has 3 aliphatic rings. The molecule has 1 saturated heterocycles. The summed E-state index contributed by atoms with van der Waals surface area (Å²) >= 11 is 0. The van der Waals surface area contributed by atoms with Crippen LogP contribution in [0.3, 0.4) is 0 Å². The molecule has 0 bridgehead atoms. The van der Waals surface area contributed by atoms with E-state index < -0.39 is 6.17 Å². The summed E-state index contributed by atoms with van der Waals surface area (Å²) in [6.45, 7) is 4.10. The summed E-state index contributed by atoms with van der Waals surface area (Å²) in [5.74, 6) is 0.810. The molecule has 8 heteroatoms. The van der Waals surface area contributed by atoms with E-state index in [1.807, 2.05) is 6.92 Å². The van der Waals surface area contributed by atoms with E-state index in [0.29, 0.717) is 29.8 Å². The highest BCUT2D eigenvalue weighted by atomic mass is 19.1. The Kier molecular flexibility index (Phi) is 8.16. The number of nitrogens with zero attached hydrogens (tertiary/aromatic N) is 3. The van der Waals surface area contributed by atoms with Crippen LogP contribution in [0.1, 0.15) is 87.9 Å². The zero-order valence-corrected chi connectivity index (χ0v) is 19.4. The summed E-state index contributed by atoms with van der Waals surface area (Å²) in [6.07, 6.45) is 12.9. The summed E-state index contributed by atoms with van der Waals surface area (Å²) in [5, 5.41) is 9.69. The first-order valence-electron chi connectivity index (χ1n) is 12.7. The third kappa shape index (κ3) is 6.09. The Labute approximate surface area is 191 Å². The first-order valence-corrected chi connectivity index (χ1v) is 12.7. The SMILES string of the molecule is CCC(F)CNc1ncc(C(=O)NC2CCN(C3CCC3)CC2)c(NC2CCCCC2)n1. The number of amides is 1. The molecule has 0 radical (unpaired) electrons. The molecular formula is C24H39FN6O. The summed E-state index contributed by atoms with van der Waals surface area (Å²) in [6, 6.07) is 1.27. The third-order valence-corrected chi connectivity index (χ3v) is 7.36. The fraction of sp³-hybridized carbons (Fsp3) is 0.792. The van der Waals surface area contributed by atoms with E-state index in [4.69, 9.17) is 0 Å². The molecule has 1 aliphatic heterocycles. The lowest BCUT2D eigenvalue weighted by Gasteiger charge is -2.41. The number of rotatable bonds is 9. The van der Waals surface area contributed by atoms with Gasteiger partial charge in [-0.2, -0.15) is 4.98 Å². The number of likely N-dealkylation sites (tertiary alicyclic amines) is 1. The maximum Gasteiger partial charge on any atom is 0.256 e. The molecule has 2 heterocycles. The average Bonchev–Trinajstić information content (AvgIpc) is 2.78. The van der Waals surface area contributed by atoms with E-state index in [1.165, 1.54) is 38.5 Å². The highest BCUT2D eigenvalue weighted by Crippen LogP contribution is 2.28. The van der Waals surface area contributed by atoms with E-state index in [9.17, 15) is 9.18 Å². The van der Waals surface area contributed by atoms with Crippen molar-refractivity contribution >= 4 is 17.7 Å². The molecule has 0 spiro atoms. The Hall–Kier alpha value is -1.96. The van der Waals surface area contributed by atoms with Crippen molar-refractivity contribution in [3.63, 3.8) is 0 Å². The van der Waals surface area contributed by atoms with Gasteiger partial charge in [0.15, 0.2) is 0 Å². The van der Waals surface area contributed by atoms with Gasteiger partial charge in [-0.15, -0.1) is 0 Å². The Morgan fingerprint density at radius 2 is 1.84 bits per heavy atom. The second-order valence-corrected chi connectivity index (χ2v) is 9.69. The van der Waals surface area contributed by atoms with Crippen molar-refractivity contribution in [2.75, 3.05) is 30.3 Å². The molecule has 1 atom stereocenters. The molecule has 3 fully saturated rings. The Bertz CT molecular complexity index is 744. The molecule has 0 aromatic carbocycles. The largest absolute Gasteiger partial charge is 0.367 e. The number of aromatic nitrogens is 2. The summed E-state index contributed by atoms with van der Waals surface area (Å²) in [4.78, 5) is 24.6. The van der Waals surface area contributed by atoms with Gasteiger partial charge in [0.1, 0.15) is 17.6 Å². The molecule has 1 amide bonds. The van der Waals surface area contributed by atoms with Crippen LogP contribution in [0.5, 0.6) is 0 Å². The van der Waals surface area contributed by atoms with Gasteiger partial charge >= 0.3 is 0 Å². The lowest BCUT2D eigenvalue weighted by molar-refractivity contribution is 0.0800. The Morgan fingerprint density at radius 3 is 2.50 bits per heavy atom. The lowest BCUT2D eigenvalue weighted by Crippen LogP contribution is -2.49. The normalized spacial score (nSPS) is 22.2. The Morgan fingerprint density at radius 1 is 1.09 bits per heavy atom. The van der Waals surface area contributed by atoms with Crippen molar-refractivity contribution < 1.29 is 9.18 Å². The molecule has 178 valence electrons. The van der Waals surface area contributed by atoms with E-state index in [0.717, 1.165) is 44.8 Å². The first kappa shape index (κ1) is 23.2. The summed E-state index contributed by atoms with van der Waals surface area (Å²) < 4.78 is 13.7. The van der Waals surface area contributed by atoms with Gasteiger partial charge in [0.2, 0.25) is 5.95 Å².